The molecule has 0 fully saturated rings. The van der Waals surface area contributed by atoms with E-state index < -0.39 is 5.97 Å². The van der Waals surface area contributed by atoms with E-state index in [9.17, 15) is 9.59 Å². The van der Waals surface area contributed by atoms with Gasteiger partial charge in [0, 0.05) is 6.54 Å². The van der Waals surface area contributed by atoms with Crippen molar-refractivity contribution in [2.45, 2.75) is 58.8 Å². The first kappa shape index (κ1) is 15.9. The van der Waals surface area contributed by atoms with Crippen LogP contribution in [0.3, 0.4) is 0 Å². The summed E-state index contributed by atoms with van der Waals surface area (Å²) in [7, 11) is 0. The maximum absolute atomic E-state index is 11.3. The van der Waals surface area contributed by atoms with E-state index in [-0.39, 0.29) is 12.3 Å². The van der Waals surface area contributed by atoms with Gasteiger partial charge in [-0.05, 0) is 13.3 Å². The molecule has 0 aliphatic rings. The van der Waals surface area contributed by atoms with Crippen molar-refractivity contribution in [3.63, 3.8) is 0 Å². The largest absolute Gasteiger partial charge is 0.466 e. The van der Waals surface area contributed by atoms with E-state index in [0.717, 1.165) is 12.8 Å². The third-order valence-corrected chi connectivity index (χ3v) is 2.46. The lowest BCUT2D eigenvalue weighted by molar-refractivity contribution is -0.145. The van der Waals surface area contributed by atoms with Gasteiger partial charge in [-0.1, -0.05) is 39.0 Å². The van der Waals surface area contributed by atoms with Crippen LogP contribution in [0.5, 0.6) is 0 Å². The molecular formula is C13H25NO3. The van der Waals surface area contributed by atoms with Crippen LogP contribution in [0.2, 0.25) is 0 Å². The SMILES string of the molecule is CCCCCCCCNC(=O)CC(=O)OCC. The van der Waals surface area contributed by atoms with Gasteiger partial charge in [0.1, 0.15) is 6.42 Å². The Bertz CT molecular complexity index is 217. The smallest absolute Gasteiger partial charge is 0.315 e. The average Bonchev–Trinajstić information content (AvgIpc) is 2.28. The van der Waals surface area contributed by atoms with Crippen molar-refractivity contribution >= 4 is 11.9 Å². The van der Waals surface area contributed by atoms with Gasteiger partial charge in [0.15, 0.2) is 0 Å². The maximum Gasteiger partial charge on any atom is 0.315 e. The monoisotopic (exact) mass is 243 g/mol. The molecule has 0 rings (SSSR count). The van der Waals surface area contributed by atoms with Crippen molar-refractivity contribution in [1.29, 1.82) is 0 Å². The Labute approximate surface area is 104 Å². The van der Waals surface area contributed by atoms with Crippen LogP contribution >= 0.6 is 0 Å². The van der Waals surface area contributed by atoms with Gasteiger partial charge in [0.05, 0.1) is 6.61 Å². The second kappa shape index (κ2) is 11.4. The van der Waals surface area contributed by atoms with E-state index in [4.69, 9.17) is 0 Å². The Morgan fingerprint density at radius 2 is 1.65 bits per heavy atom. The lowest BCUT2D eigenvalue weighted by Gasteiger charge is -2.05. The fourth-order valence-corrected chi connectivity index (χ4v) is 1.54. The third kappa shape index (κ3) is 11.2. The van der Waals surface area contributed by atoms with Crippen LogP contribution < -0.4 is 5.32 Å². The fourth-order valence-electron chi connectivity index (χ4n) is 1.54. The lowest BCUT2D eigenvalue weighted by Crippen LogP contribution is -2.27. The number of hydrogen-bond donors (Lipinski definition) is 1. The molecule has 0 spiro atoms. The number of carbonyl (C=O) groups is 2. The summed E-state index contributed by atoms with van der Waals surface area (Å²) in [4.78, 5) is 22.2. The van der Waals surface area contributed by atoms with Gasteiger partial charge in [-0.25, -0.2) is 0 Å². The summed E-state index contributed by atoms with van der Waals surface area (Å²) in [6, 6.07) is 0. The van der Waals surface area contributed by atoms with E-state index in [1.807, 2.05) is 0 Å². The van der Waals surface area contributed by atoms with Crippen molar-refractivity contribution in [1.82, 2.24) is 5.32 Å². The average molecular weight is 243 g/mol. The van der Waals surface area contributed by atoms with Crippen molar-refractivity contribution < 1.29 is 14.3 Å². The minimum Gasteiger partial charge on any atom is -0.466 e. The lowest BCUT2D eigenvalue weighted by atomic mass is 10.1. The van der Waals surface area contributed by atoms with Crippen LogP contribution in [0.1, 0.15) is 58.8 Å². The molecule has 0 heterocycles. The van der Waals surface area contributed by atoms with Gasteiger partial charge >= 0.3 is 5.97 Å². The zero-order valence-corrected chi connectivity index (χ0v) is 11.1. The summed E-state index contributed by atoms with van der Waals surface area (Å²) in [6.07, 6.45) is 6.99. The van der Waals surface area contributed by atoms with Gasteiger partial charge in [0.2, 0.25) is 5.91 Å². The zero-order chi connectivity index (χ0) is 12.9. The molecule has 100 valence electrons. The van der Waals surface area contributed by atoms with E-state index in [2.05, 4.69) is 17.0 Å². The van der Waals surface area contributed by atoms with E-state index in [1.165, 1.54) is 25.7 Å². The first-order chi connectivity index (χ1) is 8.20. The summed E-state index contributed by atoms with van der Waals surface area (Å²) in [5, 5.41) is 2.72. The molecule has 0 saturated heterocycles. The summed E-state index contributed by atoms with van der Waals surface area (Å²) in [5.41, 5.74) is 0. The summed E-state index contributed by atoms with van der Waals surface area (Å²) in [6.45, 7) is 4.90. The third-order valence-electron chi connectivity index (χ3n) is 2.46. The first-order valence-corrected chi connectivity index (χ1v) is 6.63. The van der Waals surface area contributed by atoms with Crippen LogP contribution in [0.4, 0.5) is 0 Å². The molecule has 4 nitrogen and oxygen atoms in total. The molecule has 1 amide bonds. The normalized spacial score (nSPS) is 10.0. The van der Waals surface area contributed by atoms with Crippen molar-refractivity contribution in [3.05, 3.63) is 0 Å². The Balaban J connectivity index is 3.30. The number of amides is 1. The molecule has 1 N–H and O–H groups in total. The van der Waals surface area contributed by atoms with Crippen molar-refractivity contribution in [2.75, 3.05) is 13.2 Å². The van der Waals surface area contributed by atoms with Gasteiger partial charge in [0.25, 0.3) is 0 Å². The number of hydrogen-bond acceptors (Lipinski definition) is 3. The second-order valence-corrected chi connectivity index (χ2v) is 4.10. The molecule has 0 aliphatic carbocycles. The van der Waals surface area contributed by atoms with Crippen LogP contribution in [-0.2, 0) is 14.3 Å². The molecule has 0 unspecified atom stereocenters. The van der Waals surface area contributed by atoms with E-state index in [0.29, 0.717) is 13.2 Å². The van der Waals surface area contributed by atoms with Crippen LogP contribution in [0, 0.1) is 0 Å². The summed E-state index contributed by atoms with van der Waals surface area (Å²) in [5.74, 6) is -0.690. The molecule has 0 aromatic heterocycles. The van der Waals surface area contributed by atoms with E-state index in [1.54, 1.807) is 6.92 Å². The molecule has 0 saturated carbocycles. The highest BCUT2D eigenvalue weighted by Crippen LogP contribution is 2.04. The minimum absolute atomic E-state index is 0.163. The molecule has 17 heavy (non-hydrogen) atoms. The molecule has 0 aliphatic heterocycles. The quantitative estimate of drug-likeness (QED) is 0.364. The number of nitrogens with one attached hydrogen (secondary N) is 1. The zero-order valence-electron chi connectivity index (χ0n) is 11.1. The van der Waals surface area contributed by atoms with E-state index >= 15 is 0 Å². The molecule has 0 aromatic carbocycles. The van der Waals surface area contributed by atoms with Crippen LogP contribution in [-0.4, -0.2) is 25.0 Å². The first-order valence-electron chi connectivity index (χ1n) is 6.63. The van der Waals surface area contributed by atoms with Gasteiger partial charge in [-0.2, -0.15) is 0 Å². The number of carbonyl (C=O) groups excluding carboxylic acids is 2. The highest BCUT2D eigenvalue weighted by atomic mass is 16.5. The summed E-state index contributed by atoms with van der Waals surface area (Å²) >= 11 is 0. The molecule has 0 atom stereocenters. The highest BCUT2D eigenvalue weighted by Gasteiger charge is 2.08. The Kier molecular flexibility index (Phi) is 10.7. The number of ether oxygens (including phenoxy) is 1. The molecular weight excluding hydrogens is 218 g/mol. The van der Waals surface area contributed by atoms with Gasteiger partial charge in [-0.15, -0.1) is 0 Å². The topological polar surface area (TPSA) is 55.4 Å². The molecule has 0 aromatic rings. The molecule has 4 heteroatoms. The van der Waals surface area contributed by atoms with Crippen LogP contribution in [0.25, 0.3) is 0 Å². The van der Waals surface area contributed by atoms with Gasteiger partial charge < -0.3 is 10.1 Å². The second-order valence-electron chi connectivity index (χ2n) is 4.10. The standard InChI is InChI=1S/C13H25NO3/c1-3-5-6-7-8-9-10-14-12(15)11-13(16)17-4-2/h3-11H2,1-2H3,(H,14,15). The molecule has 0 bridgehead atoms. The van der Waals surface area contributed by atoms with Gasteiger partial charge in [-0.3, -0.25) is 9.59 Å². The Morgan fingerprint density at radius 1 is 1.00 bits per heavy atom. The predicted octanol–water partition coefficient (Wildman–Crippen LogP) is 2.42. The van der Waals surface area contributed by atoms with Crippen molar-refractivity contribution in [2.24, 2.45) is 0 Å². The predicted molar refractivity (Wildman–Crippen MR) is 67.6 cm³/mol. The highest BCUT2D eigenvalue weighted by molar-refractivity contribution is 5.94. The van der Waals surface area contributed by atoms with Crippen molar-refractivity contribution in [3.8, 4) is 0 Å². The Hall–Kier alpha value is -1.06. The minimum atomic E-state index is -0.451. The number of esters is 1. The number of unbranched alkanes of at least 4 members (excludes halogenated alkanes) is 5. The fraction of sp³-hybridized carbons (Fsp3) is 0.846. The van der Waals surface area contributed by atoms with Crippen LogP contribution in [0.15, 0.2) is 0 Å². The Morgan fingerprint density at radius 3 is 2.29 bits per heavy atom. The number of rotatable bonds is 10. The maximum atomic E-state index is 11.3. The molecule has 0 radical (unpaired) electrons. The summed E-state index contributed by atoms with van der Waals surface area (Å²) < 4.78 is 4.68.